The van der Waals surface area contributed by atoms with E-state index in [1.807, 2.05) is 44.2 Å². The van der Waals surface area contributed by atoms with E-state index in [9.17, 15) is 14.4 Å². The molecule has 5 rings (SSSR count). The van der Waals surface area contributed by atoms with Crippen molar-refractivity contribution in [1.82, 2.24) is 4.90 Å². The largest absolute Gasteiger partial charge is 0.493 e. The van der Waals surface area contributed by atoms with Gasteiger partial charge < -0.3 is 19.7 Å². The van der Waals surface area contributed by atoms with Crippen molar-refractivity contribution in [2.24, 2.45) is 0 Å². The lowest BCUT2D eigenvalue weighted by molar-refractivity contribution is -0.118. The summed E-state index contributed by atoms with van der Waals surface area (Å²) in [5.41, 5.74) is 7.25. The molecule has 7 heteroatoms. The Hall–Kier alpha value is -3.87. The number of allylic oxidation sites excluding steroid dienone is 4. The average molecular weight is 529 g/mol. The van der Waals surface area contributed by atoms with Gasteiger partial charge in [0.1, 0.15) is 0 Å². The maximum atomic E-state index is 13.3. The van der Waals surface area contributed by atoms with E-state index < -0.39 is 5.92 Å². The van der Waals surface area contributed by atoms with Crippen molar-refractivity contribution in [3.63, 3.8) is 0 Å². The zero-order valence-corrected chi connectivity index (χ0v) is 23.2. The Bertz CT molecular complexity index is 1360. The standard InChI is InChI=1S/C32H36N2O5/c1-5-34-23-8-6-10-25(35)31(23)30(32-24(34)9-7-11-26(32)36)21-14-15-27(28(17-21)38-4)39-18-29(37)33-22-16-19(2)12-13-20(22)3/h12-17,30H,5-11,18H2,1-4H3,(H,33,37). The molecule has 39 heavy (non-hydrogen) atoms. The van der Waals surface area contributed by atoms with E-state index in [-0.39, 0.29) is 24.1 Å². The van der Waals surface area contributed by atoms with Crippen LogP contribution in [0.1, 0.15) is 68.1 Å². The average Bonchev–Trinajstić information content (AvgIpc) is 2.93. The summed E-state index contributed by atoms with van der Waals surface area (Å²) in [5.74, 6) is 0.442. The maximum absolute atomic E-state index is 13.3. The third kappa shape index (κ3) is 5.10. The first kappa shape index (κ1) is 26.7. The predicted octanol–water partition coefficient (Wildman–Crippen LogP) is 5.76. The van der Waals surface area contributed by atoms with Gasteiger partial charge in [-0.2, -0.15) is 0 Å². The molecule has 1 N–H and O–H groups in total. The molecule has 0 radical (unpaired) electrons. The van der Waals surface area contributed by atoms with Crippen LogP contribution in [-0.4, -0.2) is 42.6 Å². The highest BCUT2D eigenvalue weighted by atomic mass is 16.5. The van der Waals surface area contributed by atoms with E-state index in [2.05, 4.69) is 17.1 Å². The normalized spacial score (nSPS) is 17.7. The van der Waals surface area contributed by atoms with Gasteiger partial charge in [-0.25, -0.2) is 0 Å². The van der Waals surface area contributed by atoms with Gasteiger partial charge in [-0.15, -0.1) is 0 Å². The van der Waals surface area contributed by atoms with Crippen molar-refractivity contribution >= 4 is 23.2 Å². The first-order valence-electron chi connectivity index (χ1n) is 13.8. The van der Waals surface area contributed by atoms with Crippen LogP contribution < -0.4 is 14.8 Å². The van der Waals surface area contributed by atoms with E-state index in [0.29, 0.717) is 24.3 Å². The van der Waals surface area contributed by atoms with Crippen molar-refractivity contribution < 1.29 is 23.9 Å². The van der Waals surface area contributed by atoms with Crippen LogP contribution in [0.3, 0.4) is 0 Å². The summed E-state index contributed by atoms with van der Waals surface area (Å²) in [4.78, 5) is 41.5. The number of hydrogen-bond donors (Lipinski definition) is 1. The Morgan fingerprint density at radius 2 is 1.59 bits per heavy atom. The Morgan fingerprint density at radius 3 is 2.21 bits per heavy atom. The van der Waals surface area contributed by atoms with E-state index in [0.717, 1.165) is 77.1 Å². The number of ether oxygens (including phenoxy) is 2. The zero-order chi connectivity index (χ0) is 27.7. The highest BCUT2D eigenvalue weighted by molar-refractivity contribution is 6.06. The number of anilines is 1. The van der Waals surface area contributed by atoms with Gasteiger partial charge in [0.2, 0.25) is 0 Å². The minimum absolute atomic E-state index is 0.118. The molecule has 0 saturated carbocycles. The van der Waals surface area contributed by atoms with Gasteiger partial charge in [-0.1, -0.05) is 18.2 Å². The molecule has 2 aromatic rings. The second-order valence-corrected chi connectivity index (χ2v) is 10.5. The van der Waals surface area contributed by atoms with Gasteiger partial charge in [0.15, 0.2) is 29.7 Å². The molecular weight excluding hydrogens is 492 g/mol. The summed E-state index contributed by atoms with van der Waals surface area (Å²) in [6, 6.07) is 11.4. The maximum Gasteiger partial charge on any atom is 0.262 e. The van der Waals surface area contributed by atoms with Crippen molar-refractivity contribution in [3.8, 4) is 11.5 Å². The number of hydrogen-bond acceptors (Lipinski definition) is 6. The Balaban J connectivity index is 1.44. The van der Waals surface area contributed by atoms with Gasteiger partial charge in [0.25, 0.3) is 5.91 Å². The molecule has 0 spiro atoms. The minimum Gasteiger partial charge on any atom is -0.493 e. The summed E-state index contributed by atoms with van der Waals surface area (Å²) in [6.07, 6.45) is 4.33. The number of carbonyl (C=O) groups excluding carboxylic acids is 3. The van der Waals surface area contributed by atoms with E-state index in [1.165, 1.54) is 0 Å². The molecule has 0 unspecified atom stereocenters. The van der Waals surface area contributed by atoms with Gasteiger partial charge in [0.05, 0.1) is 7.11 Å². The summed E-state index contributed by atoms with van der Waals surface area (Å²) < 4.78 is 11.5. The lowest BCUT2D eigenvalue weighted by Gasteiger charge is -2.43. The molecule has 2 aromatic carbocycles. The van der Waals surface area contributed by atoms with Crippen LogP contribution in [-0.2, 0) is 14.4 Å². The predicted molar refractivity (Wildman–Crippen MR) is 150 cm³/mol. The minimum atomic E-state index is -0.408. The Kier molecular flexibility index (Phi) is 7.60. The highest BCUT2D eigenvalue weighted by Crippen LogP contribution is 2.49. The SMILES string of the molecule is CCN1C2=C(C(=O)CCC2)C(c2ccc(OCC(=O)Nc3cc(C)ccc3C)c(OC)c2)C2=C1CCCC2=O. The molecule has 1 aliphatic heterocycles. The molecule has 1 amide bonds. The van der Waals surface area contributed by atoms with Gasteiger partial charge >= 0.3 is 0 Å². The topological polar surface area (TPSA) is 84.9 Å². The monoisotopic (exact) mass is 528 g/mol. The molecule has 0 fully saturated rings. The van der Waals surface area contributed by atoms with Crippen LogP contribution in [0.25, 0.3) is 0 Å². The van der Waals surface area contributed by atoms with Crippen molar-refractivity contribution in [2.75, 3.05) is 25.6 Å². The number of rotatable bonds is 7. The molecule has 7 nitrogen and oxygen atoms in total. The van der Waals surface area contributed by atoms with Crippen molar-refractivity contribution in [3.05, 3.63) is 75.6 Å². The second-order valence-electron chi connectivity index (χ2n) is 10.5. The highest BCUT2D eigenvalue weighted by Gasteiger charge is 2.43. The molecule has 3 aliphatic rings. The Morgan fingerprint density at radius 1 is 0.923 bits per heavy atom. The molecule has 0 atom stereocenters. The van der Waals surface area contributed by atoms with Gasteiger partial charge in [-0.3, -0.25) is 14.4 Å². The second kappa shape index (κ2) is 11.1. The summed E-state index contributed by atoms with van der Waals surface area (Å²) >= 11 is 0. The number of nitrogens with zero attached hydrogens (tertiary/aromatic N) is 1. The van der Waals surface area contributed by atoms with E-state index >= 15 is 0 Å². The van der Waals surface area contributed by atoms with Crippen LogP contribution in [0, 0.1) is 13.8 Å². The number of Topliss-reactive ketones (excluding diaryl/α,β-unsaturated/α-hetero) is 2. The summed E-state index contributed by atoms with van der Waals surface area (Å²) in [6.45, 7) is 6.56. The molecule has 0 aromatic heterocycles. The number of amides is 1. The molecular formula is C32H36N2O5. The number of benzene rings is 2. The smallest absolute Gasteiger partial charge is 0.262 e. The summed E-state index contributed by atoms with van der Waals surface area (Å²) in [5, 5.41) is 2.91. The van der Waals surface area contributed by atoms with Crippen LogP contribution >= 0.6 is 0 Å². The lowest BCUT2D eigenvalue weighted by atomic mass is 9.71. The van der Waals surface area contributed by atoms with Crippen molar-refractivity contribution in [2.45, 2.75) is 65.2 Å². The number of methoxy groups -OCH3 is 1. The van der Waals surface area contributed by atoms with Crippen LogP contribution in [0.2, 0.25) is 0 Å². The van der Waals surface area contributed by atoms with Crippen LogP contribution in [0.4, 0.5) is 5.69 Å². The third-order valence-electron chi connectivity index (χ3n) is 7.95. The fourth-order valence-electron chi connectivity index (χ4n) is 6.11. The van der Waals surface area contributed by atoms with Gasteiger partial charge in [0, 0.05) is 53.5 Å². The molecule has 204 valence electrons. The number of carbonyl (C=O) groups is 3. The van der Waals surface area contributed by atoms with Crippen LogP contribution in [0.5, 0.6) is 11.5 Å². The molecule has 1 heterocycles. The molecule has 2 aliphatic carbocycles. The molecule has 0 saturated heterocycles. The number of ketones is 2. The third-order valence-corrected chi connectivity index (χ3v) is 7.95. The molecule has 0 bridgehead atoms. The lowest BCUT2D eigenvalue weighted by Crippen LogP contribution is -2.39. The number of nitrogens with one attached hydrogen (secondary N) is 1. The first-order chi connectivity index (χ1) is 18.8. The quantitative estimate of drug-likeness (QED) is 0.492. The fraction of sp³-hybridized carbons (Fsp3) is 0.406. The zero-order valence-electron chi connectivity index (χ0n) is 23.2. The van der Waals surface area contributed by atoms with E-state index in [4.69, 9.17) is 9.47 Å². The number of aryl methyl sites for hydroxylation is 2. The van der Waals surface area contributed by atoms with E-state index in [1.54, 1.807) is 13.2 Å². The fourth-order valence-corrected chi connectivity index (χ4v) is 6.11. The van der Waals surface area contributed by atoms with Crippen LogP contribution in [0.15, 0.2) is 58.9 Å². The van der Waals surface area contributed by atoms with Gasteiger partial charge in [-0.05, 0) is 81.3 Å². The Labute approximate surface area is 229 Å². The first-order valence-corrected chi connectivity index (χ1v) is 13.8. The van der Waals surface area contributed by atoms with Crippen molar-refractivity contribution in [1.29, 1.82) is 0 Å². The summed E-state index contributed by atoms with van der Waals surface area (Å²) in [7, 11) is 1.55.